The molecular weight excluding hydrogens is 234 g/mol. The Balaban J connectivity index is 2.14. The van der Waals surface area contributed by atoms with Crippen LogP contribution in [0.2, 0.25) is 5.02 Å². The zero-order valence-corrected chi connectivity index (χ0v) is 9.64. The first-order chi connectivity index (χ1) is 7.19. The van der Waals surface area contributed by atoms with Gasteiger partial charge >= 0.3 is 0 Å². The molecule has 0 amide bonds. The minimum atomic E-state index is 0.660. The van der Waals surface area contributed by atoms with Gasteiger partial charge in [-0.1, -0.05) is 22.9 Å². The lowest BCUT2D eigenvalue weighted by Gasteiger charge is -1.96. The van der Waals surface area contributed by atoms with Crippen LogP contribution in [-0.2, 0) is 6.54 Å². The number of hydrogen-bond acceptors (Lipinski definition) is 5. The molecule has 7 heteroatoms. The molecule has 0 unspecified atom stereocenters. The Labute approximate surface area is 95.8 Å². The van der Waals surface area contributed by atoms with Crippen LogP contribution in [0.4, 0.5) is 5.13 Å². The number of rotatable bonds is 3. The average Bonchev–Trinajstić information content (AvgIpc) is 2.76. The Kier molecular flexibility index (Phi) is 2.90. The van der Waals surface area contributed by atoms with Gasteiger partial charge < -0.3 is 0 Å². The van der Waals surface area contributed by atoms with Crippen LogP contribution >= 0.6 is 22.9 Å². The Morgan fingerprint density at radius 3 is 3.00 bits per heavy atom. The number of nitrogens with zero attached hydrogens (tertiary/aromatic N) is 3. The van der Waals surface area contributed by atoms with E-state index in [1.54, 1.807) is 17.1 Å². The highest BCUT2D eigenvalue weighted by atomic mass is 35.5. The molecule has 0 aromatic carbocycles. The van der Waals surface area contributed by atoms with Crippen LogP contribution in [0.3, 0.4) is 0 Å². The molecule has 0 aliphatic heterocycles. The summed E-state index contributed by atoms with van der Waals surface area (Å²) in [5, 5.41) is 5.62. The fraction of sp³-hybridized carbons (Fsp3) is 0.250. The summed E-state index contributed by atoms with van der Waals surface area (Å²) in [6.45, 7) is 2.53. The van der Waals surface area contributed by atoms with Gasteiger partial charge in [-0.25, -0.2) is 10.8 Å². The molecule has 2 aromatic heterocycles. The molecule has 0 aliphatic carbocycles. The van der Waals surface area contributed by atoms with Crippen LogP contribution in [-0.4, -0.2) is 14.8 Å². The summed E-state index contributed by atoms with van der Waals surface area (Å²) in [4.78, 5) is 5.14. The molecule has 0 bridgehead atoms. The number of halogens is 1. The van der Waals surface area contributed by atoms with Gasteiger partial charge in [0.25, 0.3) is 0 Å². The maximum Gasteiger partial charge on any atom is 0.197 e. The number of thiazole rings is 1. The molecule has 15 heavy (non-hydrogen) atoms. The van der Waals surface area contributed by atoms with E-state index in [1.165, 1.54) is 11.3 Å². The molecule has 0 saturated carbocycles. The van der Waals surface area contributed by atoms with Gasteiger partial charge in [-0.15, -0.1) is 0 Å². The summed E-state index contributed by atoms with van der Waals surface area (Å²) in [5.41, 5.74) is 3.33. The van der Waals surface area contributed by atoms with Crippen molar-refractivity contribution in [2.75, 3.05) is 5.43 Å². The highest BCUT2D eigenvalue weighted by molar-refractivity contribution is 7.15. The minimum absolute atomic E-state index is 0.660. The monoisotopic (exact) mass is 243 g/mol. The van der Waals surface area contributed by atoms with Gasteiger partial charge in [-0.05, 0) is 6.92 Å². The third-order valence-corrected chi connectivity index (χ3v) is 3.17. The molecule has 0 spiro atoms. The van der Waals surface area contributed by atoms with Crippen molar-refractivity contribution in [2.24, 2.45) is 5.84 Å². The van der Waals surface area contributed by atoms with Crippen LogP contribution in [0.15, 0.2) is 12.4 Å². The summed E-state index contributed by atoms with van der Waals surface area (Å²) in [7, 11) is 0. The fourth-order valence-electron chi connectivity index (χ4n) is 1.18. The van der Waals surface area contributed by atoms with Crippen molar-refractivity contribution in [3.8, 4) is 0 Å². The van der Waals surface area contributed by atoms with Crippen LogP contribution < -0.4 is 11.3 Å². The van der Waals surface area contributed by atoms with E-state index in [0.29, 0.717) is 16.7 Å². The molecule has 0 aliphatic rings. The van der Waals surface area contributed by atoms with Gasteiger partial charge in [0, 0.05) is 17.3 Å². The smallest absolute Gasteiger partial charge is 0.197 e. The van der Waals surface area contributed by atoms with E-state index in [1.807, 2.05) is 6.92 Å². The second kappa shape index (κ2) is 4.18. The zero-order chi connectivity index (χ0) is 10.8. The Hall–Kier alpha value is -1.11. The predicted octanol–water partition coefficient (Wildman–Crippen LogP) is 1.64. The van der Waals surface area contributed by atoms with Gasteiger partial charge in [0.05, 0.1) is 17.3 Å². The quantitative estimate of drug-likeness (QED) is 0.635. The molecule has 0 saturated heterocycles. The number of aryl methyl sites for hydroxylation is 1. The fourth-order valence-corrected chi connectivity index (χ4v) is 2.05. The topological polar surface area (TPSA) is 68.8 Å². The molecule has 2 heterocycles. The van der Waals surface area contributed by atoms with Crippen molar-refractivity contribution >= 4 is 28.1 Å². The van der Waals surface area contributed by atoms with E-state index >= 15 is 0 Å². The zero-order valence-electron chi connectivity index (χ0n) is 8.07. The maximum atomic E-state index is 5.90. The van der Waals surface area contributed by atoms with E-state index in [4.69, 9.17) is 17.4 Å². The third-order valence-electron chi connectivity index (χ3n) is 1.88. The number of nitrogen functional groups attached to an aromatic ring is 1. The minimum Gasteiger partial charge on any atom is -0.300 e. The average molecular weight is 244 g/mol. The number of nitrogens with one attached hydrogen (secondary N) is 1. The van der Waals surface area contributed by atoms with Crippen LogP contribution in [0, 0.1) is 6.92 Å². The van der Waals surface area contributed by atoms with E-state index in [2.05, 4.69) is 15.5 Å². The second-order valence-electron chi connectivity index (χ2n) is 3.04. The molecule has 5 nitrogen and oxygen atoms in total. The van der Waals surface area contributed by atoms with Crippen molar-refractivity contribution in [1.82, 2.24) is 14.8 Å². The van der Waals surface area contributed by atoms with Crippen LogP contribution in [0.5, 0.6) is 0 Å². The molecule has 2 rings (SSSR count). The van der Waals surface area contributed by atoms with Gasteiger partial charge in [0.15, 0.2) is 5.13 Å². The van der Waals surface area contributed by atoms with Gasteiger partial charge in [0.2, 0.25) is 0 Å². The normalized spacial score (nSPS) is 10.6. The highest BCUT2D eigenvalue weighted by Gasteiger charge is 2.05. The first-order valence-corrected chi connectivity index (χ1v) is 5.49. The Morgan fingerprint density at radius 1 is 1.67 bits per heavy atom. The van der Waals surface area contributed by atoms with Gasteiger partial charge in [-0.3, -0.25) is 10.1 Å². The lowest BCUT2D eigenvalue weighted by Crippen LogP contribution is -2.05. The van der Waals surface area contributed by atoms with E-state index < -0.39 is 0 Å². The maximum absolute atomic E-state index is 5.90. The third kappa shape index (κ3) is 2.28. The molecule has 0 atom stereocenters. The number of nitrogens with two attached hydrogens (primary N) is 1. The lowest BCUT2D eigenvalue weighted by atomic mass is 10.5. The summed E-state index contributed by atoms with van der Waals surface area (Å²) >= 11 is 7.39. The number of aromatic nitrogens is 3. The van der Waals surface area contributed by atoms with Gasteiger partial charge in [0.1, 0.15) is 0 Å². The lowest BCUT2D eigenvalue weighted by molar-refractivity contribution is 0.686. The van der Waals surface area contributed by atoms with E-state index in [0.717, 1.165) is 10.6 Å². The van der Waals surface area contributed by atoms with Crippen molar-refractivity contribution in [3.05, 3.63) is 28.0 Å². The van der Waals surface area contributed by atoms with Crippen molar-refractivity contribution in [2.45, 2.75) is 13.5 Å². The summed E-state index contributed by atoms with van der Waals surface area (Å²) in [6, 6.07) is 0. The SMILES string of the molecule is Cc1nn(Cc2cnc(NN)s2)cc1Cl. The van der Waals surface area contributed by atoms with Crippen LogP contribution in [0.1, 0.15) is 10.6 Å². The molecular formula is C8H10ClN5S. The molecule has 0 fully saturated rings. The molecule has 2 aromatic rings. The summed E-state index contributed by atoms with van der Waals surface area (Å²) in [6.07, 6.45) is 3.57. The predicted molar refractivity (Wildman–Crippen MR) is 61.0 cm³/mol. The standard InChI is InChI=1S/C8H10ClN5S/c1-5-7(9)4-14(13-5)3-6-2-11-8(12-10)15-6/h2,4H,3,10H2,1H3,(H,11,12). The van der Waals surface area contributed by atoms with E-state index in [-0.39, 0.29) is 0 Å². The molecule has 3 N–H and O–H groups in total. The van der Waals surface area contributed by atoms with E-state index in [9.17, 15) is 0 Å². The largest absolute Gasteiger partial charge is 0.300 e. The number of hydrogen-bond donors (Lipinski definition) is 2. The highest BCUT2D eigenvalue weighted by Crippen LogP contribution is 2.19. The van der Waals surface area contributed by atoms with Crippen molar-refractivity contribution < 1.29 is 0 Å². The van der Waals surface area contributed by atoms with Crippen molar-refractivity contribution in [3.63, 3.8) is 0 Å². The summed E-state index contributed by atoms with van der Waals surface area (Å²) < 4.78 is 1.78. The Morgan fingerprint density at radius 2 is 2.47 bits per heavy atom. The Bertz CT molecular complexity index is 444. The number of anilines is 1. The van der Waals surface area contributed by atoms with Crippen LogP contribution in [0.25, 0.3) is 0 Å². The molecule has 0 radical (unpaired) electrons. The number of hydrazine groups is 1. The molecule has 80 valence electrons. The second-order valence-corrected chi connectivity index (χ2v) is 4.56. The first kappa shape index (κ1) is 10.4. The van der Waals surface area contributed by atoms with Crippen molar-refractivity contribution in [1.29, 1.82) is 0 Å². The van der Waals surface area contributed by atoms with Gasteiger partial charge in [-0.2, -0.15) is 5.10 Å². The summed E-state index contributed by atoms with van der Waals surface area (Å²) in [5.74, 6) is 5.24. The first-order valence-electron chi connectivity index (χ1n) is 4.30.